The molecular formula is C20H22N6O. The first-order valence-electron chi connectivity index (χ1n) is 9.52. The number of carbonyl (C=O) groups excluding carboxylic acids is 1. The van der Waals surface area contributed by atoms with Crippen molar-refractivity contribution in [1.82, 2.24) is 19.6 Å². The van der Waals surface area contributed by atoms with Gasteiger partial charge < -0.3 is 9.80 Å². The zero-order valence-electron chi connectivity index (χ0n) is 15.4. The number of hydrogen-bond acceptors (Lipinski definition) is 5. The number of aromatic nitrogens is 4. The summed E-state index contributed by atoms with van der Waals surface area (Å²) in [5.74, 6) is 1.99. The summed E-state index contributed by atoms with van der Waals surface area (Å²) in [6, 6.07) is 10.3. The SMILES string of the molecule is Cc1cc(N2CCC(C(=O)N3CCc4ccccc43)CC2)n2ncnc2n1. The molecule has 2 aliphatic heterocycles. The molecule has 0 spiro atoms. The number of fused-ring (bicyclic) bond motifs is 2. The van der Waals surface area contributed by atoms with Gasteiger partial charge in [-0.25, -0.2) is 4.98 Å². The van der Waals surface area contributed by atoms with Gasteiger partial charge in [-0.2, -0.15) is 14.6 Å². The molecule has 1 amide bonds. The molecule has 0 N–H and O–H groups in total. The average Bonchev–Trinajstić information content (AvgIpc) is 3.33. The van der Waals surface area contributed by atoms with Crippen LogP contribution in [0.1, 0.15) is 24.1 Å². The molecule has 4 heterocycles. The van der Waals surface area contributed by atoms with Crippen LogP contribution < -0.4 is 9.80 Å². The molecule has 0 saturated carbocycles. The standard InChI is InChI=1S/C20H22N6O/c1-14-12-18(26-20(23-14)21-13-22-26)24-9-6-16(7-10-24)19(27)25-11-8-15-4-2-3-5-17(15)25/h2-5,12-13,16H,6-11H2,1H3. The molecule has 7 nitrogen and oxygen atoms in total. The Bertz CT molecular complexity index is 1000. The van der Waals surface area contributed by atoms with E-state index in [-0.39, 0.29) is 11.8 Å². The summed E-state index contributed by atoms with van der Waals surface area (Å²) in [5, 5.41) is 4.30. The molecule has 0 aliphatic carbocycles. The monoisotopic (exact) mass is 362 g/mol. The first-order chi connectivity index (χ1) is 13.2. The quantitative estimate of drug-likeness (QED) is 0.699. The Morgan fingerprint density at radius 1 is 1.15 bits per heavy atom. The predicted molar refractivity (Wildman–Crippen MR) is 103 cm³/mol. The highest BCUT2D eigenvalue weighted by Crippen LogP contribution is 2.31. The fourth-order valence-corrected chi connectivity index (χ4v) is 4.28. The number of rotatable bonds is 2. The van der Waals surface area contributed by atoms with Crippen molar-refractivity contribution in [3.63, 3.8) is 0 Å². The largest absolute Gasteiger partial charge is 0.356 e. The topological polar surface area (TPSA) is 66.6 Å². The normalized spacial score (nSPS) is 17.5. The van der Waals surface area contributed by atoms with Crippen LogP contribution in [0.4, 0.5) is 11.5 Å². The second-order valence-electron chi connectivity index (χ2n) is 7.36. The van der Waals surface area contributed by atoms with Crippen LogP contribution in [0.15, 0.2) is 36.7 Å². The smallest absolute Gasteiger partial charge is 0.254 e. The van der Waals surface area contributed by atoms with Crippen molar-refractivity contribution in [2.24, 2.45) is 5.92 Å². The lowest BCUT2D eigenvalue weighted by molar-refractivity contribution is -0.122. The molecule has 0 radical (unpaired) electrons. The predicted octanol–water partition coefficient (Wildman–Crippen LogP) is 2.24. The highest BCUT2D eigenvalue weighted by atomic mass is 16.2. The maximum absolute atomic E-state index is 13.1. The maximum atomic E-state index is 13.1. The number of hydrogen-bond donors (Lipinski definition) is 0. The van der Waals surface area contributed by atoms with E-state index in [1.165, 1.54) is 11.9 Å². The van der Waals surface area contributed by atoms with E-state index < -0.39 is 0 Å². The number of benzene rings is 1. The minimum Gasteiger partial charge on any atom is -0.356 e. The summed E-state index contributed by atoms with van der Waals surface area (Å²) in [6.07, 6.45) is 4.21. The van der Waals surface area contributed by atoms with Gasteiger partial charge in [-0.3, -0.25) is 4.79 Å². The zero-order valence-corrected chi connectivity index (χ0v) is 15.4. The lowest BCUT2D eigenvalue weighted by Gasteiger charge is -2.34. The molecule has 1 fully saturated rings. The van der Waals surface area contributed by atoms with Crippen molar-refractivity contribution >= 4 is 23.2 Å². The van der Waals surface area contributed by atoms with Crippen LogP contribution in [-0.2, 0) is 11.2 Å². The van der Waals surface area contributed by atoms with E-state index in [9.17, 15) is 4.79 Å². The Balaban J connectivity index is 1.32. The van der Waals surface area contributed by atoms with E-state index in [0.717, 1.165) is 56.1 Å². The van der Waals surface area contributed by atoms with Gasteiger partial charge in [-0.15, -0.1) is 0 Å². The van der Waals surface area contributed by atoms with Crippen LogP contribution in [0.2, 0.25) is 0 Å². The van der Waals surface area contributed by atoms with Crippen molar-refractivity contribution in [3.05, 3.63) is 47.9 Å². The Hall–Kier alpha value is -2.96. The van der Waals surface area contributed by atoms with Gasteiger partial charge in [0.15, 0.2) is 0 Å². The Kier molecular flexibility index (Phi) is 3.81. The molecule has 27 heavy (non-hydrogen) atoms. The molecule has 5 rings (SSSR count). The fraction of sp³-hybridized carbons (Fsp3) is 0.400. The average molecular weight is 362 g/mol. The lowest BCUT2D eigenvalue weighted by Crippen LogP contribution is -2.42. The third-order valence-electron chi connectivity index (χ3n) is 5.68. The van der Waals surface area contributed by atoms with Crippen molar-refractivity contribution in [1.29, 1.82) is 0 Å². The van der Waals surface area contributed by atoms with Crippen LogP contribution in [-0.4, -0.2) is 45.1 Å². The Morgan fingerprint density at radius 3 is 2.81 bits per heavy atom. The second kappa shape index (κ2) is 6.33. The van der Waals surface area contributed by atoms with Gasteiger partial charge in [0.1, 0.15) is 12.1 Å². The fourth-order valence-electron chi connectivity index (χ4n) is 4.28. The molecule has 7 heteroatoms. The molecular weight excluding hydrogens is 340 g/mol. The van der Waals surface area contributed by atoms with Gasteiger partial charge in [0.05, 0.1) is 0 Å². The number of piperidine rings is 1. The molecule has 3 aromatic rings. The van der Waals surface area contributed by atoms with E-state index in [1.807, 2.05) is 30.0 Å². The minimum absolute atomic E-state index is 0.0848. The van der Waals surface area contributed by atoms with Crippen LogP contribution in [0.5, 0.6) is 0 Å². The highest BCUT2D eigenvalue weighted by Gasteiger charge is 2.32. The number of nitrogens with zero attached hydrogens (tertiary/aromatic N) is 6. The third kappa shape index (κ3) is 2.74. The third-order valence-corrected chi connectivity index (χ3v) is 5.68. The lowest BCUT2D eigenvalue weighted by atomic mass is 9.95. The summed E-state index contributed by atoms with van der Waals surface area (Å²) >= 11 is 0. The zero-order chi connectivity index (χ0) is 18.4. The molecule has 0 unspecified atom stereocenters. The minimum atomic E-state index is 0.0848. The van der Waals surface area contributed by atoms with Crippen LogP contribution in [0.3, 0.4) is 0 Å². The number of anilines is 2. The molecule has 1 saturated heterocycles. The van der Waals surface area contributed by atoms with Gasteiger partial charge in [-0.05, 0) is 37.8 Å². The van der Waals surface area contributed by atoms with Gasteiger partial charge in [-0.1, -0.05) is 18.2 Å². The summed E-state index contributed by atoms with van der Waals surface area (Å²) in [7, 11) is 0. The molecule has 2 aromatic heterocycles. The molecule has 0 bridgehead atoms. The van der Waals surface area contributed by atoms with Gasteiger partial charge >= 0.3 is 0 Å². The number of carbonyl (C=O) groups is 1. The Morgan fingerprint density at radius 2 is 1.96 bits per heavy atom. The van der Waals surface area contributed by atoms with Crippen molar-refractivity contribution in [2.75, 3.05) is 29.4 Å². The molecule has 138 valence electrons. The highest BCUT2D eigenvalue weighted by molar-refractivity contribution is 5.97. The molecule has 0 atom stereocenters. The second-order valence-corrected chi connectivity index (χ2v) is 7.36. The van der Waals surface area contributed by atoms with Gasteiger partial charge in [0, 0.05) is 43.0 Å². The first kappa shape index (κ1) is 16.2. The number of amides is 1. The van der Waals surface area contributed by atoms with E-state index in [2.05, 4.69) is 32.1 Å². The van der Waals surface area contributed by atoms with Gasteiger partial charge in [0.2, 0.25) is 5.91 Å². The first-order valence-corrected chi connectivity index (χ1v) is 9.52. The molecule has 2 aliphatic rings. The molecule has 1 aromatic carbocycles. The van der Waals surface area contributed by atoms with E-state index in [0.29, 0.717) is 5.78 Å². The van der Waals surface area contributed by atoms with Crippen LogP contribution in [0, 0.1) is 12.8 Å². The van der Waals surface area contributed by atoms with Crippen molar-refractivity contribution in [3.8, 4) is 0 Å². The number of aryl methyl sites for hydroxylation is 1. The van der Waals surface area contributed by atoms with Crippen molar-refractivity contribution < 1.29 is 4.79 Å². The summed E-state index contributed by atoms with van der Waals surface area (Å²) in [6.45, 7) is 4.45. The van der Waals surface area contributed by atoms with E-state index in [4.69, 9.17) is 0 Å². The van der Waals surface area contributed by atoms with Gasteiger partial charge in [0.25, 0.3) is 5.78 Å². The summed E-state index contributed by atoms with van der Waals surface area (Å²) in [4.78, 5) is 26.0. The Labute approximate surface area is 157 Å². The maximum Gasteiger partial charge on any atom is 0.254 e. The van der Waals surface area contributed by atoms with Crippen LogP contribution in [0.25, 0.3) is 5.78 Å². The number of para-hydroxylation sites is 1. The van der Waals surface area contributed by atoms with Crippen molar-refractivity contribution in [2.45, 2.75) is 26.2 Å². The summed E-state index contributed by atoms with van der Waals surface area (Å²) in [5.41, 5.74) is 3.31. The van der Waals surface area contributed by atoms with E-state index in [1.54, 1.807) is 4.52 Å². The van der Waals surface area contributed by atoms with Crippen LogP contribution >= 0.6 is 0 Å². The van der Waals surface area contributed by atoms with E-state index >= 15 is 0 Å². The summed E-state index contributed by atoms with van der Waals surface area (Å²) < 4.78 is 1.78.